The minimum atomic E-state index is -0.207. The molecule has 30 heavy (non-hydrogen) atoms. The Labute approximate surface area is 175 Å². The Balaban J connectivity index is 1.47. The van der Waals surface area contributed by atoms with Crippen LogP contribution in [0.2, 0.25) is 0 Å². The van der Waals surface area contributed by atoms with Crippen LogP contribution in [0.3, 0.4) is 0 Å². The molecular formula is C24H22N4O2. The molecule has 0 spiro atoms. The van der Waals surface area contributed by atoms with Gasteiger partial charge in [-0.25, -0.2) is 9.67 Å². The zero-order valence-corrected chi connectivity index (χ0v) is 16.9. The molecule has 0 aliphatic heterocycles. The van der Waals surface area contributed by atoms with Crippen LogP contribution in [0.25, 0.3) is 5.82 Å². The van der Waals surface area contributed by atoms with E-state index in [1.54, 1.807) is 17.1 Å². The van der Waals surface area contributed by atoms with Crippen LogP contribution in [0.1, 0.15) is 28.5 Å². The summed E-state index contributed by atoms with van der Waals surface area (Å²) in [7, 11) is 0. The normalized spacial score (nSPS) is 10.6. The lowest BCUT2D eigenvalue weighted by Gasteiger charge is -2.09. The molecule has 2 heterocycles. The third-order valence-corrected chi connectivity index (χ3v) is 4.68. The van der Waals surface area contributed by atoms with Gasteiger partial charge >= 0.3 is 0 Å². The summed E-state index contributed by atoms with van der Waals surface area (Å²) in [6.45, 7) is 4.02. The highest BCUT2D eigenvalue weighted by atomic mass is 16.5. The van der Waals surface area contributed by atoms with E-state index in [9.17, 15) is 4.79 Å². The number of carbonyl (C=O) groups is 1. The van der Waals surface area contributed by atoms with Crippen molar-refractivity contribution in [1.82, 2.24) is 14.8 Å². The van der Waals surface area contributed by atoms with Gasteiger partial charge in [0.15, 0.2) is 5.82 Å². The smallest absolute Gasteiger partial charge is 0.259 e. The number of hydrogen-bond donors (Lipinski definition) is 1. The maximum Gasteiger partial charge on any atom is 0.259 e. The average Bonchev–Trinajstić information content (AvgIpc) is 3.21. The van der Waals surface area contributed by atoms with E-state index in [0.717, 1.165) is 11.4 Å². The van der Waals surface area contributed by atoms with Gasteiger partial charge in [-0.1, -0.05) is 30.7 Å². The number of aromatic nitrogens is 3. The van der Waals surface area contributed by atoms with Crippen LogP contribution in [-0.2, 0) is 6.42 Å². The van der Waals surface area contributed by atoms with Crippen molar-refractivity contribution in [2.45, 2.75) is 20.3 Å². The molecule has 4 rings (SSSR count). The van der Waals surface area contributed by atoms with E-state index >= 15 is 0 Å². The molecule has 6 heteroatoms. The molecule has 6 nitrogen and oxygen atoms in total. The van der Waals surface area contributed by atoms with Crippen molar-refractivity contribution in [2.75, 3.05) is 5.32 Å². The molecule has 4 aromatic rings. The van der Waals surface area contributed by atoms with Gasteiger partial charge in [0, 0.05) is 11.9 Å². The molecule has 0 radical (unpaired) electrons. The SMILES string of the molecule is CCc1c(C(=O)Nc2ccc(Oc3ccc(C)cc3)cc2)cnn1-c1ccccn1. The Morgan fingerprint density at radius 2 is 1.70 bits per heavy atom. The molecule has 0 fully saturated rings. The molecule has 0 aliphatic carbocycles. The van der Waals surface area contributed by atoms with Gasteiger partial charge in [0.1, 0.15) is 11.5 Å². The maximum absolute atomic E-state index is 12.8. The van der Waals surface area contributed by atoms with Gasteiger partial charge < -0.3 is 10.1 Å². The number of nitrogens with zero attached hydrogens (tertiary/aromatic N) is 3. The minimum Gasteiger partial charge on any atom is -0.457 e. The zero-order valence-electron chi connectivity index (χ0n) is 16.9. The summed E-state index contributed by atoms with van der Waals surface area (Å²) >= 11 is 0. The Morgan fingerprint density at radius 1 is 1.00 bits per heavy atom. The van der Waals surface area contributed by atoms with E-state index < -0.39 is 0 Å². The molecule has 0 saturated carbocycles. The van der Waals surface area contributed by atoms with Crippen LogP contribution < -0.4 is 10.1 Å². The summed E-state index contributed by atoms with van der Waals surface area (Å²) in [4.78, 5) is 17.1. The molecule has 0 unspecified atom stereocenters. The van der Waals surface area contributed by atoms with Crippen LogP contribution in [0.5, 0.6) is 11.5 Å². The predicted octanol–water partition coefficient (Wildman–Crippen LogP) is 5.18. The van der Waals surface area contributed by atoms with Crippen LogP contribution in [0.15, 0.2) is 79.1 Å². The Morgan fingerprint density at radius 3 is 2.33 bits per heavy atom. The molecular weight excluding hydrogens is 376 g/mol. The predicted molar refractivity (Wildman–Crippen MR) is 116 cm³/mol. The van der Waals surface area contributed by atoms with Crippen LogP contribution >= 0.6 is 0 Å². The lowest BCUT2D eigenvalue weighted by molar-refractivity contribution is 0.102. The Kier molecular flexibility index (Phi) is 5.57. The third kappa shape index (κ3) is 4.22. The van der Waals surface area contributed by atoms with Crippen molar-refractivity contribution in [3.8, 4) is 17.3 Å². The molecule has 0 atom stereocenters. The lowest BCUT2D eigenvalue weighted by Crippen LogP contribution is -2.14. The van der Waals surface area contributed by atoms with Gasteiger partial charge in [-0.15, -0.1) is 0 Å². The number of carbonyl (C=O) groups excluding carboxylic acids is 1. The van der Waals surface area contributed by atoms with Crippen molar-refractivity contribution in [3.63, 3.8) is 0 Å². The summed E-state index contributed by atoms with van der Waals surface area (Å²) in [5, 5.41) is 7.29. The Bertz CT molecular complexity index is 1130. The van der Waals surface area contributed by atoms with E-state index in [4.69, 9.17) is 4.74 Å². The van der Waals surface area contributed by atoms with Crippen molar-refractivity contribution in [3.05, 3.63) is 95.9 Å². The fraction of sp³-hybridized carbons (Fsp3) is 0.125. The highest BCUT2D eigenvalue weighted by molar-refractivity contribution is 6.05. The molecule has 1 N–H and O–H groups in total. The third-order valence-electron chi connectivity index (χ3n) is 4.68. The highest BCUT2D eigenvalue weighted by Gasteiger charge is 2.17. The second kappa shape index (κ2) is 8.61. The van der Waals surface area contributed by atoms with E-state index in [1.165, 1.54) is 5.56 Å². The second-order valence-electron chi connectivity index (χ2n) is 6.85. The standard InChI is InChI=1S/C24H22N4O2/c1-3-22-21(16-26-28(22)23-6-4-5-15-25-23)24(29)27-18-9-13-20(14-10-18)30-19-11-7-17(2)8-12-19/h4-16H,3H2,1-2H3,(H,27,29). The molecule has 150 valence electrons. The van der Waals surface area contributed by atoms with Gasteiger partial charge in [-0.05, 0) is 61.9 Å². The number of ether oxygens (including phenoxy) is 1. The van der Waals surface area contributed by atoms with Crippen LogP contribution in [-0.4, -0.2) is 20.7 Å². The first-order valence-electron chi connectivity index (χ1n) is 9.78. The lowest BCUT2D eigenvalue weighted by atomic mass is 10.2. The number of anilines is 1. The van der Waals surface area contributed by atoms with Crippen molar-refractivity contribution >= 4 is 11.6 Å². The maximum atomic E-state index is 12.8. The van der Waals surface area contributed by atoms with Gasteiger partial charge in [0.2, 0.25) is 0 Å². The number of amides is 1. The molecule has 0 bridgehead atoms. The van der Waals surface area contributed by atoms with E-state index in [1.807, 2.05) is 80.6 Å². The molecule has 2 aromatic carbocycles. The van der Waals surface area contributed by atoms with Crippen molar-refractivity contribution < 1.29 is 9.53 Å². The second-order valence-corrected chi connectivity index (χ2v) is 6.85. The average molecular weight is 398 g/mol. The molecule has 0 aliphatic rings. The number of hydrogen-bond acceptors (Lipinski definition) is 4. The van der Waals surface area contributed by atoms with Crippen LogP contribution in [0, 0.1) is 6.92 Å². The van der Waals surface area contributed by atoms with Crippen molar-refractivity contribution in [2.24, 2.45) is 0 Å². The fourth-order valence-electron chi connectivity index (χ4n) is 3.13. The van der Waals surface area contributed by atoms with E-state index in [0.29, 0.717) is 29.2 Å². The summed E-state index contributed by atoms with van der Waals surface area (Å²) < 4.78 is 7.54. The number of benzene rings is 2. The van der Waals surface area contributed by atoms with E-state index in [2.05, 4.69) is 15.4 Å². The number of pyridine rings is 1. The first-order chi connectivity index (χ1) is 14.6. The largest absolute Gasteiger partial charge is 0.457 e. The highest BCUT2D eigenvalue weighted by Crippen LogP contribution is 2.24. The van der Waals surface area contributed by atoms with E-state index in [-0.39, 0.29) is 5.91 Å². The van der Waals surface area contributed by atoms with Gasteiger partial charge in [-0.2, -0.15) is 5.10 Å². The molecule has 0 saturated heterocycles. The number of aryl methyl sites for hydroxylation is 1. The molecule has 1 amide bonds. The first kappa shape index (κ1) is 19.4. The summed E-state index contributed by atoms with van der Waals surface area (Å²) in [5.41, 5.74) is 3.20. The van der Waals surface area contributed by atoms with Gasteiger partial charge in [0.05, 0.1) is 17.5 Å². The Hall–Kier alpha value is -3.93. The quantitative estimate of drug-likeness (QED) is 0.486. The first-order valence-corrected chi connectivity index (χ1v) is 9.78. The number of rotatable bonds is 6. The minimum absolute atomic E-state index is 0.207. The van der Waals surface area contributed by atoms with Crippen LogP contribution in [0.4, 0.5) is 5.69 Å². The van der Waals surface area contributed by atoms with Gasteiger partial charge in [-0.3, -0.25) is 4.79 Å². The summed E-state index contributed by atoms with van der Waals surface area (Å²) in [5.74, 6) is 1.95. The van der Waals surface area contributed by atoms with Crippen molar-refractivity contribution in [1.29, 1.82) is 0 Å². The molecule has 2 aromatic heterocycles. The topological polar surface area (TPSA) is 69.0 Å². The summed E-state index contributed by atoms with van der Waals surface area (Å²) in [6.07, 6.45) is 3.94. The van der Waals surface area contributed by atoms with Gasteiger partial charge in [0.25, 0.3) is 5.91 Å². The summed E-state index contributed by atoms with van der Waals surface area (Å²) in [6, 6.07) is 20.7. The fourth-order valence-corrected chi connectivity index (χ4v) is 3.13. The zero-order chi connectivity index (χ0) is 20.9. The number of nitrogens with one attached hydrogen (secondary N) is 1. The monoisotopic (exact) mass is 398 g/mol.